The van der Waals surface area contributed by atoms with Gasteiger partial charge in [0.1, 0.15) is 5.82 Å². The number of carbonyl (C=O) groups excluding carboxylic acids is 2. The SMILES string of the molecule is COC(=O)CCC(=O)Nc1cc(C(F)(F)F)c(C(F)(F)F)cn1. The summed E-state index contributed by atoms with van der Waals surface area (Å²) in [4.78, 5) is 25.4. The van der Waals surface area contributed by atoms with Gasteiger partial charge in [-0.2, -0.15) is 26.3 Å². The van der Waals surface area contributed by atoms with Crippen LogP contribution in [0.4, 0.5) is 32.2 Å². The second-order valence-corrected chi connectivity index (χ2v) is 4.23. The van der Waals surface area contributed by atoms with Crippen molar-refractivity contribution in [3.63, 3.8) is 0 Å². The van der Waals surface area contributed by atoms with Gasteiger partial charge in [-0.25, -0.2) is 4.98 Å². The smallest absolute Gasteiger partial charge is 0.418 e. The highest BCUT2D eigenvalue weighted by Crippen LogP contribution is 2.40. The summed E-state index contributed by atoms with van der Waals surface area (Å²) < 4.78 is 80.0. The van der Waals surface area contributed by atoms with Gasteiger partial charge in [0.2, 0.25) is 5.91 Å². The Morgan fingerprint density at radius 3 is 2.13 bits per heavy atom. The zero-order chi connectivity index (χ0) is 17.8. The number of anilines is 1. The van der Waals surface area contributed by atoms with Crippen molar-refractivity contribution in [1.82, 2.24) is 4.98 Å². The molecule has 23 heavy (non-hydrogen) atoms. The van der Waals surface area contributed by atoms with Crippen LogP contribution in [0.2, 0.25) is 0 Å². The number of aromatic nitrogens is 1. The van der Waals surface area contributed by atoms with Gasteiger partial charge >= 0.3 is 18.3 Å². The lowest BCUT2D eigenvalue weighted by Crippen LogP contribution is -2.19. The van der Waals surface area contributed by atoms with E-state index in [1.165, 1.54) is 0 Å². The van der Waals surface area contributed by atoms with E-state index < -0.39 is 47.6 Å². The number of esters is 1. The van der Waals surface area contributed by atoms with Gasteiger partial charge in [-0.05, 0) is 6.07 Å². The van der Waals surface area contributed by atoms with Crippen LogP contribution in [-0.2, 0) is 26.7 Å². The minimum absolute atomic E-state index is 0.0151. The number of methoxy groups -OCH3 is 1. The summed E-state index contributed by atoms with van der Waals surface area (Å²) in [5.74, 6) is -2.33. The highest BCUT2D eigenvalue weighted by molar-refractivity contribution is 5.91. The van der Waals surface area contributed by atoms with Crippen molar-refractivity contribution < 1.29 is 40.7 Å². The molecule has 0 radical (unpaired) electrons. The van der Waals surface area contributed by atoms with E-state index in [0.29, 0.717) is 0 Å². The fourth-order valence-electron chi connectivity index (χ4n) is 1.51. The summed E-state index contributed by atoms with van der Waals surface area (Å²) in [5, 5.41) is 1.89. The van der Waals surface area contributed by atoms with Crippen LogP contribution in [0.1, 0.15) is 24.0 Å². The number of hydrogen-bond acceptors (Lipinski definition) is 4. The lowest BCUT2D eigenvalue weighted by atomic mass is 10.1. The lowest BCUT2D eigenvalue weighted by molar-refractivity contribution is -0.162. The van der Waals surface area contributed by atoms with Gasteiger partial charge in [0, 0.05) is 12.6 Å². The molecule has 1 rings (SSSR count). The van der Waals surface area contributed by atoms with E-state index in [0.717, 1.165) is 7.11 Å². The van der Waals surface area contributed by atoms with Crippen molar-refractivity contribution >= 4 is 17.7 Å². The zero-order valence-corrected chi connectivity index (χ0v) is 11.5. The molecule has 0 aliphatic heterocycles. The van der Waals surface area contributed by atoms with E-state index in [2.05, 4.69) is 9.72 Å². The van der Waals surface area contributed by atoms with Crippen LogP contribution >= 0.6 is 0 Å². The summed E-state index contributed by atoms with van der Waals surface area (Å²) in [5.41, 5.74) is -3.93. The second kappa shape index (κ2) is 6.84. The Kier molecular flexibility index (Phi) is 5.56. The third kappa shape index (κ3) is 5.42. The van der Waals surface area contributed by atoms with Gasteiger partial charge in [-0.1, -0.05) is 0 Å². The molecule has 1 N–H and O–H groups in total. The van der Waals surface area contributed by atoms with E-state index in [1.54, 1.807) is 0 Å². The van der Waals surface area contributed by atoms with E-state index in [1.807, 2.05) is 5.32 Å². The quantitative estimate of drug-likeness (QED) is 0.673. The van der Waals surface area contributed by atoms with Crippen molar-refractivity contribution in [2.24, 2.45) is 0 Å². The van der Waals surface area contributed by atoms with Gasteiger partial charge in [-0.15, -0.1) is 0 Å². The number of pyridine rings is 1. The van der Waals surface area contributed by atoms with Gasteiger partial charge in [-0.3, -0.25) is 9.59 Å². The van der Waals surface area contributed by atoms with Crippen molar-refractivity contribution in [2.45, 2.75) is 25.2 Å². The number of halogens is 6. The monoisotopic (exact) mass is 344 g/mol. The molecule has 1 aromatic rings. The fraction of sp³-hybridized carbons (Fsp3) is 0.417. The average molecular weight is 344 g/mol. The van der Waals surface area contributed by atoms with Crippen LogP contribution in [-0.4, -0.2) is 24.0 Å². The van der Waals surface area contributed by atoms with Crippen LogP contribution in [0, 0.1) is 0 Å². The molecular weight excluding hydrogens is 334 g/mol. The normalized spacial score (nSPS) is 12.0. The molecule has 0 saturated carbocycles. The maximum atomic E-state index is 12.7. The summed E-state index contributed by atoms with van der Waals surface area (Å²) in [6.45, 7) is 0. The first kappa shape index (κ1) is 18.7. The highest BCUT2D eigenvalue weighted by atomic mass is 19.4. The first-order valence-corrected chi connectivity index (χ1v) is 5.96. The molecule has 0 aromatic carbocycles. The molecule has 0 aliphatic rings. The molecule has 0 saturated heterocycles. The Balaban J connectivity index is 2.98. The Bertz CT molecular complexity index is 597. The molecular formula is C12H10F6N2O3. The molecule has 1 aromatic heterocycles. The van der Waals surface area contributed by atoms with Crippen LogP contribution in [0.15, 0.2) is 12.3 Å². The number of nitrogens with zero attached hydrogens (tertiary/aromatic N) is 1. The zero-order valence-electron chi connectivity index (χ0n) is 11.5. The molecule has 0 atom stereocenters. The van der Waals surface area contributed by atoms with E-state index in [9.17, 15) is 35.9 Å². The predicted molar refractivity (Wildman–Crippen MR) is 64.1 cm³/mol. The second-order valence-electron chi connectivity index (χ2n) is 4.23. The van der Waals surface area contributed by atoms with Gasteiger partial charge in [0.15, 0.2) is 0 Å². The number of carbonyl (C=O) groups is 2. The van der Waals surface area contributed by atoms with E-state index in [4.69, 9.17) is 0 Å². The minimum Gasteiger partial charge on any atom is -0.469 e. The third-order valence-electron chi connectivity index (χ3n) is 2.57. The molecule has 0 aliphatic carbocycles. The van der Waals surface area contributed by atoms with E-state index in [-0.39, 0.29) is 18.7 Å². The number of nitrogens with one attached hydrogen (secondary N) is 1. The number of amides is 1. The number of hydrogen-bond donors (Lipinski definition) is 1. The lowest BCUT2D eigenvalue weighted by Gasteiger charge is -2.16. The molecule has 0 unspecified atom stereocenters. The number of ether oxygens (including phenoxy) is 1. The molecule has 0 bridgehead atoms. The first-order chi connectivity index (χ1) is 10.4. The Morgan fingerprint density at radius 1 is 1.09 bits per heavy atom. The van der Waals surface area contributed by atoms with Gasteiger partial charge in [0.05, 0.1) is 24.7 Å². The third-order valence-corrected chi connectivity index (χ3v) is 2.57. The average Bonchev–Trinajstić information content (AvgIpc) is 2.42. The van der Waals surface area contributed by atoms with Crippen molar-refractivity contribution in [3.05, 3.63) is 23.4 Å². The van der Waals surface area contributed by atoms with Gasteiger partial charge < -0.3 is 10.1 Å². The molecule has 1 heterocycles. The fourth-order valence-corrected chi connectivity index (χ4v) is 1.51. The Labute approximate surface area is 125 Å². The first-order valence-electron chi connectivity index (χ1n) is 5.96. The van der Waals surface area contributed by atoms with Crippen molar-refractivity contribution in [3.8, 4) is 0 Å². The van der Waals surface area contributed by atoms with Crippen LogP contribution in [0.25, 0.3) is 0 Å². The van der Waals surface area contributed by atoms with Crippen molar-refractivity contribution in [2.75, 3.05) is 12.4 Å². The standard InChI is InChI=1S/C12H10F6N2O3/c1-23-10(22)3-2-9(21)20-8-4-6(11(13,14)15)7(5-19-8)12(16,17)18/h4-5H,2-3H2,1H3,(H,19,20,21). The number of rotatable bonds is 4. The largest absolute Gasteiger partial charge is 0.469 e. The summed E-state index contributed by atoms with van der Waals surface area (Å²) in [6.07, 6.45) is -11.3. The molecule has 11 heteroatoms. The highest BCUT2D eigenvalue weighted by Gasteiger charge is 2.43. The maximum absolute atomic E-state index is 12.7. The summed E-state index contributed by atoms with van der Waals surface area (Å²) in [6, 6.07) is 0.0822. The molecule has 0 fully saturated rings. The van der Waals surface area contributed by atoms with Crippen LogP contribution in [0.5, 0.6) is 0 Å². The molecule has 1 amide bonds. The molecule has 5 nitrogen and oxygen atoms in total. The molecule has 0 spiro atoms. The van der Waals surface area contributed by atoms with Crippen LogP contribution < -0.4 is 5.32 Å². The summed E-state index contributed by atoms with van der Waals surface area (Å²) in [7, 11) is 1.08. The Hall–Kier alpha value is -2.33. The van der Waals surface area contributed by atoms with Crippen LogP contribution in [0.3, 0.4) is 0 Å². The van der Waals surface area contributed by atoms with Gasteiger partial charge in [0.25, 0.3) is 0 Å². The predicted octanol–water partition coefficient (Wildman–Crippen LogP) is 3.01. The number of alkyl halides is 6. The van der Waals surface area contributed by atoms with Crippen molar-refractivity contribution in [1.29, 1.82) is 0 Å². The van der Waals surface area contributed by atoms with E-state index >= 15 is 0 Å². The topological polar surface area (TPSA) is 68.3 Å². The minimum atomic E-state index is -5.28. The maximum Gasteiger partial charge on any atom is 0.418 e. The Morgan fingerprint density at radius 2 is 1.65 bits per heavy atom. The summed E-state index contributed by atoms with van der Waals surface area (Å²) >= 11 is 0. The molecule has 128 valence electrons.